The first-order valence-corrected chi connectivity index (χ1v) is 5.47. The van der Waals surface area contributed by atoms with Crippen LogP contribution in [0.4, 0.5) is 5.82 Å². The van der Waals surface area contributed by atoms with E-state index < -0.39 is 0 Å². The fraction of sp³-hybridized carbons (Fsp3) is 0.0909. The molecule has 2 aromatic heterocycles. The van der Waals surface area contributed by atoms with Gasteiger partial charge in [-0.2, -0.15) is 0 Å². The fourth-order valence-electron chi connectivity index (χ4n) is 1.16. The largest absolute Gasteiger partial charge is 0.487 e. The number of ether oxygens (including phenoxy) is 1. The smallest absolute Gasteiger partial charge is 0.139 e. The van der Waals surface area contributed by atoms with E-state index in [9.17, 15) is 0 Å². The topological polar surface area (TPSA) is 61.0 Å². The zero-order valence-electron chi connectivity index (χ0n) is 8.43. The van der Waals surface area contributed by atoms with E-state index in [1.807, 2.05) is 12.1 Å². The predicted octanol–water partition coefficient (Wildman–Crippen LogP) is 2.40. The summed E-state index contributed by atoms with van der Waals surface area (Å²) in [5.41, 5.74) is 6.45. The van der Waals surface area contributed by atoms with E-state index in [1.165, 1.54) is 0 Å². The highest BCUT2D eigenvalue weighted by Crippen LogP contribution is 2.17. The number of pyridine rings is 2. The summed E-state index contributed by atoms with van der Waals surface area (Å²) in [5.74, 6) is 1.22. The van der Waals surface area contributed by atoms with Gasteiger partial charge in [0.15, 0.2) is 0 Å². The van der Waals surface area contributed by atoms with Crippen molar-refractivity contribution in [2.45, 2.75) is 6.61 Å². The summed E-state index contributed by atoms with van der Waals surface area (Å²) in [4.78, 5) is 7.98. The molecule has 0 unspecified atom stereocenters. The molecule has 0 amide bonds. The minimum Gasteiger partial charge on any atom is -0.487 e. The van der Waals surface area contributed by atoms with Gasteiger partial charge >= 0.3 is 0 Å². The number of hydrogen-bond donors (Lipinski definition) is 1. The molecule has 5 heteroatoms. The summed E-state index contributed by atoms with van der Waals surface area (Å²) in [7, 11) is 0. The van der Waals surface area contributed by atoms with Crippen molar-refractivity contribution >= 4 is 21.7 Å². The molecule has 0 radical (unpaired) electrons. The van der Waals surface area contributed by atoms with E-state index in [4.69, 9.17) is 10.5 Å². The maximum absolute atomic E-state index is 5.54. The van der Waals surface area contributed by atoms with Crippen LogP contribution in [0.25, 0.3) is 0 Å². The van der Waals surface area contributed by atoms with Crippen molar-refractivity contribution in [3.05, 3.63) is 46.8 Å². The van der Waals surface area contributed by atoms with Crippen LogP contribution in [-0.2, 0) is 6.61 Å². The second kappa shape index (κ2) is 4.94. The molecule has 0 bridgehead atoms. The number of hydrogen-bond acceptors (Lipinski definition) is 4. The van der Waals surface area contributed by atoms with Gasteiger partial charge in [-0.15, -0.1) is 0 Å². The van der Waals surface area contributed by atoms with Gasteiger partial charge in [0.1, 0.15) is 18.2 Å². The molecule has 0 fully saturated rings. The Hall–Kier alpha value is -1.62. The number of nitrogens with zero attached hydrogens (tertiary/aromatic N) is 2. The Kier molecular flexibility index (Phi) is 3.36. The Labute approximate surface area is 102 Å². The SMILES string of the molecule is Nc1ccc(COc2cncc(Br)c2)cn1. The predicted molar refractivity (Wildman–Crippen MR) is 64.9 cm³/mol. The molecule has 2 heterocycles. The third-order valence-corrected chi connectivity index (χ3v) is 2.37. The van der Waals surface area contributed by atoms with E-state index in [2.05, 4.69) is 25.9 Å². The van der Waals surface area contributed by atoms with Gasteiger partial charge in [-0.1, -0.05) is 6.07 Å². The van der Waals surface area contributed by atoms with E-state index >= 15 is 0 Å². The van der Waals surface area contributed by atoms with Crippen molar-refractivity contribution in [1.82, 2.24) is 9.97 Å². The number of rotatable bonds is 3. The molecule has 82 valence electrons. The van der Waals surface area contributed by atoms with Crippen molar-refractivity contribution in [2.24, 2.45) is 0 Å². The molecule has 16 heavy (non-hydrogen) atoms. The van der Waals surface area contributed by atoms with Gasteiger partial charge in [0, 0.05) is 22.4 Å². The molecule has 2 rings (SSSR count). The molecule has 0 aliphatic heterocycles. The number of nitrogen functional groups attached to an aromatic ring is 1. The summed E-state index contributed by atoms with van der Waals surface area (Å²) in [5, 5.41) is 0. The van der Waals surface area contributed by atoms with Crippen LogP contribution in [0.1, 0.15) is 5.56 Å². The Bertz CT molecular complexity index is 473. The van der Waals surface area contributed by atoms with E-state index in [0.717, 1.165) is 10.0 Å². The molecule has 0 aliphatic rings. The number of nitrogens with two attached hydrogens (primary N) is 1. The van der Waals surface area contributed by atoms with Crippen LogP contribution in [-0.4, -0.2) is 9.97 Å². The molecule has 2 N–H and O–H groups in total. The Morgan fingerprint density at radius 2 is 2.12 bits per heavy atom. The van der Waals surface area contributed by atoms with Crippen molar-refractivity contribution in [3.63, 3.8) is 0 Å². The van der Waals surface area contributed by atoms with Gasteiger partial charge in [0.2, 0.25) is 0 Å². The van der Waals surface area contributed by atoms with Crippen LogP contribution in [0.5, 0.6) is 5.75 Å². The van der Waals surface area contributed by atoms with E-state index in [1.54, 1.807) is 24.7 Å². The first-order chi connectivity index (χ1) is 7.74. The molecule has 0 spiro atoms. The summed E-state index contributed by atoms with van der Waals surface area (Å²) in [6, 6.07) is 5.49. The van der Waals surface area contributed by atoms with Crippen LogP contribution in [0.3, 0.4) is 0 Å². The van der Waals surface area contributed by atoms with Gasteiger partial charge < -0.3 is 10.5 Å². The van der Waals surface area contributed by atoms with Crippen molar-refractivity contribution < 1.29 is 4.74 Å². The minimum absolute atomic E-state index is 0.450. The molecule has 4 nitrogen and oxygen atoms in total. The van der Waals surface area contributed by atoms with Gasteiger partial charge in [-0.25, -0.2) is 4.98 Å². The third-order valence-electron chi connectivity index (χ3n) is 1.93. The van der Waals surface area contributed by atoms with Crippen molar-refractivity contribution in [3.8, 4) is 5.75 Å². The molecule has 0 atom stereocenters. The third kappa shape index (κ3) is 2.93. The fourth-order valence-corrected chi connectivity index (χ4v) is 1.50. The monoisotopic (exact) mass is 279 g/mol. The first-order valence-electron chi connectivity index (χ1n) is 4.68. The minimum atomic E-state index is 0.450. The number of anilines is 1. The van der Waals surface area contributed by atoms with Crippen LogP contribution in [0, 0.1) is 0 Å². The standard InChI is InChI=1S/C11H10BrN3O/c12-9-3-10(6-14-5-9)16-7-8-1-2-11(13)15-4-8/h1-6H,7H2,(H2,13,15). The molecule has 0 aromatic carbocycles. The van der Waals surface area contributed by atoms with Crippen LogP contribution < -0.4 is 10.5 Å². The quantitative estimate of drug-likeness (QED) is 0.937. The summed E-state index contributed by atoms with van der Waals surface area (Å²) in [6.45, 7) is 0.450. The van der Waals surface area contributed by atoms with Crippen molar-refractivity contribution in [2.75, 3.05) is 5.73 Å². The molecular formula is C11H10BrN3O. The van der Waals surface area contributed by atoms with Gasteiger partial charge in [-0.3, -0.25) is 4.98 Å². The second-order valence-electron chi connectivity index (χ2n) is 3.22. The summed E-state index contributed by atoms with van der Waals surface area (Å²) in [6.07, 6.45) is 5.06. The lowest BCUT2D eigenvalue weighted by Gasteiger charge is -2.05. The van der Waals surface area contributed by atoms with E-state index in [0.29, 0.717) is 18.2 Å². The average Bonchev–Trinajstić information content (AvgIpc) is 2.28. The normalized spacial score (nSPS) is 10.1. The van der Waals surface area contributed by atoms with Crippen LogP contribution in [0.15, 0.2) is 41.3 Å². The molecule has 0 saturated heterocycles. The zero-order valence-corrected chi connectivity index (χ0v) is 10.0. The maximum Gasteiger partial charge on any atom is 0.139 e. The Balaban J connectivity index is 1.99. The first kappa shape index (κ1) is 10.9. The molecule has 0 saturated carbocycles. The van der Waals surface area contributed by atoms with E-state index in [-0.39, 0.29) is 0 Å². The highest BCUT2D eigenvalue weighted by atomic mass is 79.9. The average molecular weight is 280 g/mol. The Morgan fingerprint density at radius 1 is 1.25 bits per heavy atom. The maximum atomic E-state index is 5.54. The lowest BCUT2D eigenvalue weighted by molar-refractivity contribution is 0.304. The highest BCUT2D eigenvalue weighted by Gasteiger charge is 1.97. The number of halogens is 1. The highest BCUT2D eigenvalue weighted by molar-refractivity contribution is 9.10. The lowest BCUT2D eigenvalue weighted by atomic mass is 10.3. The van der Waals surface area contributed by atoms with Crippen molar-refractivity contribution in [1.29, 1.82) is 0 Å². The second-order valence-corrected chi connectivity index (χ2v) is 4.13. The molecule has 0 aliphatic carbocycles. The molecule has 2 aromatic rings. The van der Waals surface area contributed by atoms with Crippen LogP contribution in [0.2, 0.25) is 0 Å². The lowest BCUT2D eigenvalue weighted by Crippen LogP contribution is -1.97. The summed E-state index contributed by atoms with van der Waals surface area (Å²) < 4.78 is 6.43. The number of aromatic nitrogens is 2. The van der Waals surface area contributed by atoms with Gasteiger partial charge in [0.25, 0.3) is 0 Å². The Morgan fingerprint density at radius 3 is 2.81 bits per heavy atom. The molecular weight excluding hydrogens is 270 g/mol. The van der Waals surface area contributed by atoms with Crippen LogP contribution >= 0.6 is 15.9 Å². The zero-order chi connectivity index (χ0) is 11.4. The van der Waals surface area contributed by atoms with Gasteiger partial charge in [-0.05, 0) is 28.1 Å². The van der Waals surface area contributed by atoms with Gasteiger partial charge in [0.05, 0.1) is 6.20 Å². The summed E-state index contributed by atoms with van der Waals surface area (Å²) >= 11 is 3.33.